The summed E-state index contributed by atoms with van der Waals surface area (Å²) < 4.78 is 1.75. The van der Waals surface area contributed by atoms with Gasteiger partial charge in [-0.2, -0.15) is 0 Å². The quantitative estimate of drug-likeness (QED) is 0.458. The summed E-state index contributed by atoms with van der Waals surface area (Å²) in [6.45, 7) is 9.60. The van der Waals surface area contributed by atoms with E-state index in [1.165, 1.54) is 0 Å². The lowest BCUT2D eigenvalue weighted by atomic mass is 9.78. The third kappa shape index (κ3) is 3.90. The first-order valence-corrected chi connectivity index (χ1v) is 10.7. The summed E-state index contributed by atoms with van der Waals surface area (Å²) in [7, 11) is 8.76. The lowest BCUT2D eigenvalue weighted by Gasteiger charge is -2.50. The molecule has 0 N–H and O–H groups in total. The second-order valence-corrected chi connectivity index (χ2v) is 9.82. The molecule has 6 heteroatoms. The number of likely N-dealkylation sites (N-methyl/N-ethyl adjacent to an activating group) is 2. The Labute approximate surface area is 170 Å². The second kappa shape index (κ2) is 7.64. The lowest BCUT2D eigenvalue weighted by Crippen LogP contribution is -2.64. The van der Waals surface area contributed by atoms with Gasteiger partial charge in [-0.3, -0.25) is 9.59 Å². The van der Waals surface area contributed by atoms with Crippen molar-refractivity contribution in [3.05, 3.63) is 24.3 Å². The summed E-state index contributed by atoms with van der Waals surface area (Å²) >= 11 is 0. The van der Waals surface area contributed by atoms with Crippen LogP contribution in [-0.2, 0) is 9.59 Å². The monoisotopic (exact) mass is 390 g/mol. The molecule has 6 rings (SSSR count). The zero-order chi connectivity index (χ0) is 20.7. The Morgan fingerprint density at radius 3 is 1.39 bits per heavy atom. The van der Waals surface area contributed by atoms with Crippen LogP contribution in [0.5, 0.6) is 0 Å². The summed E-state index contributed by atoms with van der Waals surface area (Å²) in [4.78, 5) is 30.7. The number of nitrogens with zero attached hydrogens (tertiary/aromatic N) is 4. The molecule has 1 fully saturated rings. The van der Waals surface area contributed by atoms with Crippen molar-refractivity contribution in [2.45, 2.75) is 25.9 Å². The van der Waals surface area contributed by atoms with Gasteiger partial charge in [0.25, 0.3) is 0 Å². The van der Waals surface area contributed by atoms with E-state index in [0.717, 1.165) is 35.1 Å². The predicted molar refractivity (Wildman–Crippen MR) is 111 cm³/mol. The van der Waals surface area contributed by atoms with Crippen LogP contribution in [-0.4, -0.2) is 110 Å². The van der Waals surface area contributed by atoms with Crippen molar-refractivity contribution in [2.75, 3.05) is 67.5 Å². The van der Waals surface area contributed by atoms with E-state index in [4.69, 9.17) is 0 Å². The summed E-state index contributed by atoms with van der Waals surface area (Å²) in [5, 5.41) is 0. The van der Waals surface area contributed by atoms with Crippen LogP contribution in [0.3, 0.4) is 0 Å². The largest absolute Gasteiger partial charge is 0.329 e. The molecule has 156 valence electrons. The fraction of sp³-hybridized carbons (Fsp3) is 0.727. The fourth-order valence-electron chi connectivity index (χ4n) is 4.25. The van der Waals surface area contributed by atoms with E-state index in [1.807, 2.05) is 9.80 Å². The summed E-state index contributed by atoms with van der Waals surface area (Å²) in [6.07, 6.45) is 8.34. The summed E-state index contributed by atoms with van der Waals surface area (Å²) in [5.74, 6) is -0.145. The molecule has 0 aromatic carbocycles. The fourth-order valence-corrected chi connectivity index (χ4v) is 4.25. The van der Waals surface area contributed by atoms with Crippen LogP contribution in [0, 0.1) is 11.8 Å². The van der Waals surface area contributed by atoms with E-state index >= 15 is 0 Å². The van der Waals surface area contributed by atoms with Gasteiger partial charge in [0, 0.05) is 0 Å². The van der Waals surface area contributed by atoms with Gasteiger partial charge in [-0.05, 0) is 13.8 Å². The number of hydrogen-bond acceptors (Lipinski definition) is 2. The van der Waals surface area contributed by atoms with Crippen LogP contribution in [0.1, 0.15) is 13.8 Å². The first-order chi connectivity index (χ1) is 13.1. The van der Waals surface area contributed by atoms with Gasteiger partial charge in [-0.1, -0.05) is 24.3 Å². The molecule has 4 bridgehead atoms. The number of quaternary nitrogens is 2. The lowest BCUT2D eigenvalue weighted by molar-refractivity contribution is -0.888. The molecule has 5 aliphatic heterocycles. The van der Waals surface area contributed by atoms with Crippen molar-refractivity contribution in [1.29, 1.82) is 0 Å². The Bertz CT molecular complexity index is 624. The van der Waals surface area contributed by atoms with Crippen LogP contribution in [0.2, 0.25) is 0 Å². The van der Waals surface area contributed by atoms with Gasteiger partial charge in [0.15, 0.2) is 0 Å². The minimum absolute atomic E-state index is 0.151. The van der Waals surface area contributed by atoms with Crippen LogP contribution >= 0.6 is 0 Å². The topological polar surface area (TPSA) is 40.6 Å². The van der Waals surface area contributed by atoms with Gasteiger partial charge < -0.3 is 18.8 Å². The molecule has 0 spiro atoms. The van der Waals surface area contributed by atoms with Gasteiger partial charge in [0.2, 0.25) is 11.8 Å². The van der Waals surface area contributed by atoms with Crippen molar-refractivity contribution in [2.24, 2.45) is 11.8 Å². The average Bonchev–Trinajstić information content (AvgIpc) is 2.63. The molecule has 6 aliphatic rings. The summed E-state index contributed by atoms with van der Waals surface area (Å²) in [6, 6.07) is -0.302. The Hall–Kier alpha value is -1.66. The minimum atomic E-state index is -0.257. The van der Waals surface area contributed by atoms with Crippen LogP contribution in [0.15, 0.2) is 24.3 Å². The third-order valence-corrected chi connectivity index (χ3v) is 7.23. The van der Waals surface area contributed by atoms with E-state index in [0.29, 0.717) is 13.1 Å². The number of amides is 2. The highest BCUT2D eigenvalue weighted by Crippen LogP contribution is 2.36. The zero-order valence-electron chi connectivity index (χ0n) is 18.5. The Balaban J connectivity index is 1.82. The molecular formula is C22H38N4O2+2. The van der Waals surface area contributed by atoms with Gasteiger partial charge in [-0.15, -0.1) is 0 Å². The molecule has 0 aromatic heterocycles. The van der Waals surface area contributed by atoms with E-state index in [9.17, 15) is 9.59 Å². The normalized spacial score (nSPS) is 29.6. The van der Waals surface area contributed by atoms with Crippen molar-refractivity contribution in [1.82, 2.24) is 9.80 Å². The number of hydrogen-bond donors (Lipinski definition) is 0. The van der Waals surface area contributed by atoms with E-state index in [-0.39, 0.29) is 35.7 Å². The van der Waals surface area contributed by atoms with E-state index < -0.39 is 0 Å². The van der Waals surface area contributed by atoms with Crippen molar-refractivity contribution >= 4 is 11.8 Å². The van der Waals surface area contributed by atoms with Crippen LogP contribution < -0.4 is 0 Å². The molecule has 4 atom stereocenters. The average molecular weight is 391 g/mol. The first-order valence-electron chi connectivity index (χ1n) is 10.7. The maximum absolute atomic E-state index is 13.4. The molecule has 0 aromatic rings. The maximum Gasteiger partial charge on any atom is 0.232 e. The van der Waals surface area contributed by atoms with Gasteiger partial charge >= 0.3 is 0 Å². The number of carbonyl (C=O) groups is 2. The molecule has 2 amide bonds. The van der Waals surface area contributed by atoms with Gasteiger partial charge in [0.1, 0.15) is 0 Å². The molecule has 5 heterocycles. The Kier molecular flexibility index (Phi) is 5.74. The van der Waals surface area contributed by atoms with E-state index in [2.05, 4.69) is 66.3 Å². The Morgan fingerprint density at radius 1 is 0.714 bits per heavy atom. The molecule has 1 saturated heterocycles. The van der Waals surface area contributed by atoms with Crippen LogP contribution in [0.4, 0.5) is 0 Å². The molecule has 6 nitrogen and oxygen atoms in total. The van der Waals surface area contributed by atoms with Crippen molar-refractivity contribution in [3.63, 3.8) is 0 Å². The predicted octanol–water partition coefficient (Wildman–Crippen LogP) is 0.959. The minimum Gasteiger partial charge on any atom is -0.329 e. The standard InChI is InChI=1S/C22H38N4O2/c1-7-25(3,4)15-13-23-19-11-9-18(21(23)27)20-12-10-17(19)22(28)24(20)14-16-26(5,6)8-2/h9-12,17-20H,7-8,13-16H2,1-6H3/q+2/t17-,18+,19+,20-. The Morgan fingerprint density at radius 2 is 1.07 bits per heavy atom. The first kappa shape index (κ1) is 21.1. The third-order valence-electron chi connectivity index (χ3n) is 7.23. The SMILES string of the molecule is CC[N+](C)(C)CCN1C(=O)[C@@H]2C=C[C@@H]1[C@@H]1C=C[C@@H]2N(CC[N+](C)(C)CC)C1=O. The maximum atomic E-state index is 13.4. The van der Waals surface area contributed by atoms with Gasteiger partial charge in [-0.25, -0.2) is 0 Å². The molecule has 0 unspecified atom stereocenters. The number of rotatable bonds is 8. The molecule has 1 aliphatic carbocycles. The number of carbonyl (C=O) groups excluding carboxylic acids is 2. The van der Waals surface area contributed by atoms with Crippen molar-refractivity contribution in [3.8, 4) is 0 Å². The molecular weight excluding hydrogens is 352 g/mol. The molecule has 0 radical (unpaired) electrons. The van der Waals surface area contributed by atoms with Crippen molar-refractivity contribution < 1.29 is 18.6 Å². The second-order valence-electron chi connectivity index (χ2n) is 9.82. The van der Waals surface area contributed by atoms with Gasteiger partial charge in [0.05, 0.1) is 91.4 Å². The zero-order valence-corrected chi connectivity index (χ0v) is 18.5. The highest BCUT2D eigenvalue weighted by molar-refractivity contribution is 5.91. The highest BCUT2D eigenvalue weighted by atomic mass is 16.2. The molecule has 0 saturated carbocycles. The smallest absolute Gasteiger partial charge is 0.232 e. The van der Waals surface area contributed by atoms with E-state index in [1.54, 1.807) is 0 Å². The summed E-state index contributed by atoms with van der Waals surface area (Å²) in [5.41, 5.74) is 0. The highest BCUT2D eigenvalue weighted by Gasteiger charge is 2.49. The van der Waals surface area contributed by atoms with Crippen LogP contribution in [0.25, 0.3) is 0 Å². The molecule has 28 heavy (non-hydrogen) atoms.